The normalized spacial score (nSPS) is 21.0. The molecule has 0 spiro atoms. The van der Waals surface area contributed by atoms with Gasteiger partial charge in [-0.15, -0.1) is 0 Å². The van der Waals surface area contributed by atoms with E-state index in [1.807, 2.05) is 0 Å². The van der Waals surface area contributed by atoms with Crippen molar-refractivity contribution in [3.8, 4) is 0 Å². The van der Waals surface area contributed by atoms with Gasteiger partial charge in [0.2, 0.25) is 11.8 Å². The van der Waals surface area contributed by atoms with Gasteiger partial charge in [-0.05, 0) is 30.8 Å². The summed E-state index contributed by atoms with van der Waals surface area (Å²) < 4.78 is 5.42. The van der Waals surface area contributed by atoms with Crippen molar-refractivity contribution in [3.63, 3.8) is 0 Å². The maximum absolute atomic E-state index is 12.5. The third-order valence-electron chi connectivity index (χ3n) is 3.34. The number of hydrazine groups is 1. The molecular formula is C14H12N2O5S2. The third kappa shape index (κ3) is 2.94. The maximum Gasteiger partial charge on any atom is 0.285 e. The van der Waals surface area contributed by atoms with Crippen LogP contribution in [0, 0.1) is 0 Å². The van der Waals surface area contributed by atoms with E-state index >= 15 is 0 Å². The molecule has 3 amide bonds. The van der Waals surface area contributed by atoms with E-state index in [0.29, 0.717) is 17.9 Å². The number of hydrogen-bond donors (Lipinski definition) is 1. The quantitative estimate of drug-likeness (QED) is 0.500. The molecule has 2 aliphatic rings. The second-order valence-electron chi connectivity index (χ2n) is 4.91. The van der Waals surface area contributed by atoms with Gasteiger partial charge >= 0.3 is 0 Å². The van der Waals surface area contributed by atoms with Crippen LogP contribution in [0.2, 0.25) is 0 Å². The summed E-state index contributed by atoms with van der Waals surface area (Å²) in [5.74, 6) is -0.650. The van der Waals surface area contributed by atoms with E-state index in [1.54, 1.807) is 12.1 Å². The molecule has 3 rings (SSSR count). The van der Waals surface area contributed by atoms with Crippen LogP contribution in [0.5, 0.6) is 0 Å². The Morgan fingerprint density at radius 3 is 2.52 bits per heavy atom. The van der Waals surface area contributed by atoms with Gasteiger partial charge in [0.15, 0.2) is 4.32 Å². The molecular weight excluding hydrogens is 340 g/mol. The molecule has 7 nitrogen and oxygen atoms in total. The van der Waals surface area contributed by atoms with E-state index in [9.17, 15) is 14.4 Å². The number of aliphatic hydroxyl groups is 1. The van der Waals surface area contributed by atoms with Gasteiger partial charge in [-0.1, -0.05) is 11.8 Å². The van der Waals surface area contributed by atoms with Crippen molar-refractivity contribution >= 4 is 52.1 Å². The lowest BCUT2D eigenvalue weighted by molar-refractivity contribution is -0.166. The Morgan fingerprint density at radius 1 is 1.22 bits per heavy atom. The lowest BCUT2D eigenvalue weighted by Crippen LogP contribution is -2.53. The lowest BCUT2D eigenvalue weighted by Gasteiger charge is -2.31. The Balaban J connectivity index is 1.87. The minimum atomic E-state index is -0.537. The van der Waals surface area contributed by atoms with Gasteiger partial charge in [-0.2, -0.15) is 10.0 Å². The molecule has 0 aliphatic carbocycles. The maximum atomic E-state index is 12.5. The summed E-state index contributed by atoms with van der Waals surface area (Å²) in [5, 5.41) is 10.8. The SMILES string of the molecule is O=C1CCCC(=O)N1N1C(=O)/C(=C/c2ccc(CO)o2)SC1=S. The summed E-state index contributed by atoms with van der Waals surface area (Å²) in [6, 6.07) is 3.19. The number of rotatable bonds is 3. The second kappa shape index (κ2) is 6.26. The number of aliphatic hydroxyl groups excluding tert-OH is 1. The first-order valence-corrected chi connectivity index (χ1v) is 8.07. The summed E-state index contributed by atoms with van der Waals surface area (Å²) in [5.41, 5.74) is 0. The van der Waals surface area contributed by atoms with Crippen LogP contribution in [0.25, 0.3) is 6.08 Å². The van der Waals surface area contributed by atoms with Crippen LogP contribution in [-0.4, -0.2) is 37.2 Å². The number of carbonyl (C=O) groups excluding carboxylic acids is 3. The van der Waals surface area contributed by atoms with Crippen molar-refractivity contribution < 1.29 is 23.9 Å². The molecule has 0 saturated carbocycles. The van der Waals surface area contributed by atoms with Gasteiger partial charge in [0.1, 0.15) is 18.1 Å². The van der Waals surface area contributed by atoms with E-state index in [-0.39, 0.29) is 28.7 Å². The zero-order valence-electron chi connectivity index (χ0n) is 11.9. The van der Waals surface area contributed by atoms with E-state index in [4.69, 9.17) is 21.7 Å². The zero-order valence-corrected chi connectivity index (χ0v) is 13.5. The van der Waals surface area contributed by atoms with Gasteiger partial charge in [-0.25, -0.2) is 0 Å². The van der Waals surface area contributed by atoms with Gasteiger partial charge in [0, 0.05) is 18.9 Å². The highest BCUT2D eigenvalue weighted by atomic mass is 32.2. The Hall–Kier alpha value is -1.97. The summed E-state index contributed by atoms with van der Waals surface area (Å²) >= 11 is 6.13. The number of hydrogen-bond acceptors (Lipinski definition) is 7. The first kappa shape index (κ1) is 15.9. The molecule has 2 fully saturated rings. The number of carbonyl (C=O) groups is 3. The molecule has 0 aromatic carbocycles. The van der Waals surface area contributed by atoms with Crippen molar-refractivity contribution in [2.75, 3.05) is 0 Å². The predicted octanol–water partition coefficient (Wildman–Crippen LogP) is 1.43. The topological polar surface area (TPSA) is 91.1 Å². The van der Waals surface area contributed by atoms with Crippen LogP contribution < -0.4 is 0 Å². The molecule has 0 unspecified atom stereocenters. The Labute approximate surface area is 140 Å². The van der Waals surface area contributed by atoms with Gasteiger partial charge in [-0.3, -0.25) is 14.4 Å². The second-order valence-corrected chi connectivity index (χ2v) is 6.58. The number of nitrogens with zero attached hydrogens (tertiary/aromatic N) is 2. The molecule has 0 bridgehead atoms. The van der Waals surface area contributed by atoms with Crippen molar-refractivity contribution in [1.82, 2.24) is 10.0 Å². The minimum absolute atomic E-state index is 0.124. The number of thiocarbonyl (C=S) groups is 1. The molecule has 1 N–H and O–H groups in total. The molecule has 120 valence electrons. The average molecular weight is 352 g/mol. The van der Waals surface area contributed by atoms with Crippen molar-refractivity contribution in [2.45, 2.75) is 25.9 Å². The number of amides is 3. The van der Waals surface area contributed by atoms with Crippen LogP contribution in [0.4, 0.5) is 0 Å². The van der Waals surface area contributed by atoms with E-state index < -0.39 is 17.7 Å². The monoisotopic (exact) mass is 352 g/mol. The molecule has 2 aliphatic heterocycles. The van der Waals surface area contributed by atoms with E-state index in [2.05, 4.69) is 0 Å². The van der Waals surface area contributed by atoms with Crippen LogP contribution in [0.1, 0.15) is 30.8 Å². The standard InChI is InChI=1S/C14H12N2O5S2/c17-7-9-5-4-8(21-9)6-10-13(20)16(14(22)23-10)15-11(18)2-1-3-12(15)19/h4-6,17H,1-3,7H2/b10-6-. The third-order valence-corrected chi connectivity index (χ3v) is 4.62. The number of thioether (sulfide) groups is 1. The molecule has 9 heteroatoms. The fourth-order valence-electron chi connectivity index (χ4n) is 2.28. The fraction of sp³-hybridized carbons (Fsp3) is 0.286. The smallest absolute Gasteiger partial charge is 0.285 e. The summed E-state index contributed by atoms with van der Waals surface area (Å²) in [6.07, 6.45) is 2.37. The highest BCUT2D eigenvalue weighted by Gasteiger charge is 2.42. The molecule has 23 heavy (non-hydrogen) atoms. The van der Waals surface area contributed by atoms with Gasteiger partial charge in [0.05, 0.1) is 4.91 Å². The molecule has 3 heterocycles. The summed E-state index contributed by atoms with van der Waals surface area (Å²) in [7, 11) is 0. The largest absolute Gasteiger partial charge is 0.459 e. The Morgan fingerprint density at radius 2 is 1.91 bits per heavy atom. The summed E-state index contributed by atoms with van der Waals surface area (Å²) in [4.78, 5) is 36.7. The highest BCUT2D eigenvalue weighted by molar-refractivity contribution is 8.26. The zero-order chi connectivity index (χ0) is 16.6. The number of furan rings is 1. The van der Waals surface area contributed by atoms with Crippen LogP contribution >= 0.6 is 24.0 Å². The molecule has 2 saturated heterocycles. The number of piperidine rings is 1. The Bertz CT molecular complexity index is 723. The van der Waals surface area contributed by atoms with Crippen molar-refractivity contribution in [2.24, 2.45) is 0 Å². The highest BCUT2D eigenvalue weighted by Crippen LogP contribution is 2.35. The Kier molecular flexibility index (Phi) is 4.33. The van der Waals surface area contributed by atoms with Crippen LogP contribution in [-0.2, 0) is 21.0 Å². The lowest BCUT2D eigenvalue weighted by atomic mass is 10.1. The first-order valence-electron chi connectivity index (χ1n) is 6.84. The first-order chi connectivity index (χ1) is 11.0. The molecule has 1 aromatic heterocycles. The van der Waals surface area contributed by atoms with E-state index in [0.717, 1.165) is 21.8 Å². The predicted molar refractivity (Wildman–Crippen MR) is 85.3 cm³/mol. The van der Waals surface area contributed by atoms with Gasteiger partial charge in [0.25, 0.3) is 5.91 Å². The van der Waals surface area contributed by atoms with Crippen LogP contribution in [0.15, 0.2) is 21.5 Å². The van der Waals surface area contributed by atoms with Crippen LogP contribution in [0.3, 0.4) is 0 Å². The minimum Gasteiger partial charge on any atom is -0.459 e. The molecule has 0 radical (unpaired) electrons. The van der Waals surface area contributed by atoms with Gasteiger partial charge < -0.3 is 9.52 Å². The van der Waals surface area contributed by atoms with E-state index in [1.165, 1.54) is 6.08 Å². The molecule has 1 aromatic rings. The summed E-state index contributed by atoms with van der Waals surface area (Å²) in [6.45, 7) is -0.244. The number of imide groups is 1. The molecule has 0 atom stereocenters. The average Bonchev–Trinajstić information content (AvgIpc) is 3.07. The van der Waals surface area contributed by atoms with Crippen molar-refractivity contribution in [3.05, 3.63) is 28.6 Å². The fourth-order valence-corrected chi connectivity index (χ4v) is 3.50. The van der Waals surface area contributed by atoms with Crippen molar-refractivity contribution in [1.29, 1.82) is 0 Å².